The van der Waals surface area contributed by atoms with Gasteiger partial charge in [0.15, 0.2) is 0 Å². The summed E-state index contributed by atoms with van der Waals surface area (Å²) in [6.07, 6.45) is 1.89. The van der Waals surface area contributed by atoms with Crippen LogP contribution in [0.1, 0.15) is 26.3 Å². The van der Waals surface area contributed by atoms with Crippen molar-refractivity contribution in [2.45, 2.75) is 31.1 Å². The second kappa shape index (κ2) is 6.87. The summed E-state index contributed by atoms with van der Waals surface area (Å²) < 4.78 is 0. The third-order valence-electron chi connectivity index (χ3n) is 2.56. The van der Waals surface area contributed by atoms with E-state index in [0.29, 0.717) is 0 Å². The Morgan fingerprint density at radius 1 is 1.24 bits per heavy atom. The molecular formula is C15H23NS. The molecule has 0 aliphatic rings. The average molecular weight is 249 g/mol. The van der Waals surface area contributed by atoms with Crippen LogP contribution in [0.15, 0.2) is 41.8 Å². The van der Waals surface area contributed by atoms with Crippen molar-refractivity contribution in [2.24, 2.45) is 0 Å². The largest absolute Gasteiger partial charge is 0.312 e. The van der Waals surface area contributed by atoms with Crippen molar-refractivity contribution in [1.29, 1.82) is 0 Å². The Kier molecular flexibility index (Phi) is 5.79. The maximum atomic E-state index is 3.68. The van der Waals surface area contributed by atoms with Gasteiger partial charge in [-0.2, -0.15) is 0 Å². The predicted molar refractivity (Wildman–Crippen MR) is 78.9 cm³/mol. The van der Waals surface area contributed by atoms with Crippen molar-refractivity contribution in [3.05, 3.63) is 42.5 Å². The Morgan fingerprint density at radius 2 is 1.88 bits per heavy atom. The molecule has 1 rings (SSSR count). The van der Waals surface area contributed by atoms with Crippen LogP contribution in [0.5, 0.6) is 0 Å². The van der Waals surface area contributed by atoms with Crippen LogP contribution in [0.3, 0.4) is 0 Å². The average Bonchev–Trinajstić information content (AvgIpc) is 2.28. The quantitative estimate of drug-likeness (QED) is 0.467. The van der Waals surface area contributed by atoms with Gasteiger partial charge < -0.3 is 5.32 Å². The lowest BCUT2D eigenvalue weighted by Crippen LogP contribution is -2.16. The maximum Gasteiger partial charge on any atom is 0.0132 e. The fourth-order valence-corrected chi connectivity index (χ4v) is 2.31. The van der Waals surface area contributed by atoms with E-state index in [9.17, 15) is 0 Å². The number of nitrogens with one attached hydrogen (secondary N) is 1. The SMILES string of the molecule is C=CCNCCSc1ccc(C(C)(C)C)cc1. The third-order valence-corrected chi connectivity index (χ3v) is 3.57. The summed E-state index contributed by atoms with van der Waals surface area (Å²) >= 11 is 1.89. The van der Waals surface area contributed by atoms with E-state index in [-0.39, 0.29) is 5.41 Å². The van der Waals surface area contributed by atoms with Gasteiger partial charge in [-0.1, -0.05) is 39.0 Å². The molecule has 0 atom stereocenters. The minimum absolute atomic E-state index is 0.245. The van der Waals surface area contributed by atoms with Crippen LogP contribution >= 0.6 is 11.8 Å². The van der Waals surface area contributed by atoms with Gasteiger partial charge in [0.2, 0.25) is 0 Å². The second-order valence-electron chi connectivity index (χ2n) is 5.12. The molecule has 0 fully saturated rings. The van der Waals surface area contributed by atoms with E-state index in [4.69, 9.17) is 0 Å². The summed E-state index contributed by atoms with van der Waals surface area (Å²) in [5.74, 6) is 1.10. The minimum atomic E-state index is 0.245. The Labute approximate surface area is 110 Å². The molecule has 17 heavy (non-hydrogen) atoms. The first-order valence-electron chi connectivity index (χ1n) is 6.09. The van der Waals surface area contributed by atoms with Crippen LogP contribution in [0.4, 0.5) is 0 Å². The highest BCUT2D eigenvalue weighted by molar-refractivity contribution is 7.99. The van der Waals surface area contributed by atoms with Crippen LogP contribution in [0.2, 0.25) is 0 Å². The van der Waals surface area contributed by atoms with Crippen LogP contribution in [0.25, 0.3) is 0 Å². The lowest BCUT2D eigenvalue weighted by molar-refractivity contribution is 0.590. The van der Waals surface area contributed by atoms with Gasteiger partial charge in [-0.25, -0.2) is 0 Å². The number of rotatable bonds is 6. The van der Waals surface area contributed by atoms with Gasteiger partial charge in [-0.3, -0.25) is 0 Å². The van der Waals surface area contributed by atoms with Crippen molar-refractivity contribution in [1.82, 2.24) is 5.32 Å². The Balaban J connectivity index is 2.38. The number of thioether (sulfide) groups is 1. The first-order chi connectivity index (χ1) is 8.04. The van der Waals surface area contributed by atoms with Gasteiger partial charge in [-0.15, -0.1) is 18.3 Å². The molecule has 0 saturated heterocycles. The zero-order valence-corrected chi connectivity index (χ0v) is 11.9. The Bertz CT molecular complexity index is 335. The van der Waals surface area contributed by atoms with E-state index in [1.807, 2.05) is 17.8 Å². The van der Waals surface area contributed by atoms with Crippen LogP contribution in [-0.2, 0) is 5.41 Å². The highest BCUT2D eigenvalue weighted by Crippen LogP contribution is 2.25. The van der Waals surface area contributed by atoms with E-state index in [0.717, 1.165) is 18.8 Å². The molecule has 0 spiro atoms. The molecule has 0 amide bonds. The molecule has 0 saturated carbocycles. The monoisotopic (exact) mass is 249 g/mol. The van der Waals surface area contributed by atoms with E-state index < -0.39 is 0 Å². The topological polar surface area (TPSA) is 12.0 Å². The molecule has 0 unspecified atom stereocenters. The lowest BCUT2D eigenvalue weighted by Gasteiger charge is -2.19. The Hall–Kier alpha value is -0.730. The van der Waals surface area contributed by atoms with Crippen LogP contribution in [-0.4, -0.2) is 18.8 Å². The number of hydrogen-bond donors (Lipinski definition) is 1. The minimum Gasteiger partial charge on any atom is -0.312 e. The van der Waals surface area contributed by atoms with E-state index >= 15 is 0 Å². The normalized spacial score (nSPS) is 11.5. The first-order valence-corrected chi connectivity index (χ1v) is 7.07. The smallest absolute Gasteiger partial charge is 0.0132 e. The lowest BCUT2D eigenvalue weighted by atomic mass is 9.87. The predicted octanol–water partition coefficient (Wildman–Crippen LogP) is 3.85. The van der Waals surface area contributed by atoms with E-state index in [1.165, 1.54) is 10.5 Å². The standard InChI is InChI=1S/C15H23NS/c1-5-10-16-11-12-17-14-8-6-13(7-9-14)15(2,3)4/h5-9,16H,1,10-12H2,2-4H3. The Morgan fingerprint density at radius 3 is 2.41 bits per heavy atom. The number of benzene rings is 1. The van der Waals surface area contributed by atoms with Gasteiger partial charge in [0, 0.05) is 23.7 Å². The summed E-state index contributed by atoms with van der Waals surface area (Å²) in [5.41, 5.74) is 1.64. The summed E-state index contributed by atoms with van der Waals surface area (Å²) in [6.45, 7) is 12.3. The molecule has 1 N–H and O–H groups in total. The third kappa shape index (κ3) is 5.42. The highest BCUT2D eigenvalue weighted by Gasteiger charge is 2.12. The van der Waals surface area contributed by atoms with Crippen molar-refractivity contribution < 1.29 is 0 Å². The van der Waals surface area contributed by atoms with Crippen molar-refractivity contribution in [3.63, 3.8) is 0 Å². The summed E-state index contributed by atoms with van der Waals surface area (Å²) in [7, 11) is 0. The molecule has 0 bridgehead atoms. The summed E-state index contributed by atoms with van der Waals surface area (Å²) in [6, 6.07) is 8.91. The number of hydrogen-bond acceptors (Lipinski definition) is 2. The van der Waals surface area contributed by atoms with Crippen LogP contribution in [0, 0.1) is 0 Å². The van der Waals surface area contributed by atoms with Gasteiger partial charge >= 0.3 is 0 Å². The summed E-state index contributed by atoms with van der Waals surface area (Å²) in [5, 5.41) is 3.30. The maximum absolute atomic E-state index is 3.68. The first kappa shape index (κ1) is 14.3. The molecule has 0 aliphatic carbocycles. The molecule has 2 heteroatoms. The van der Waals surface area contributed by atoms with E-state index in [1.54, 1.807) is 0 Å². The van der Waals surface area contributed by atoms with Gasteiger partial charge in [0.1, 0.15) is 0 Å². The molecule has 0 aromatic heterocycles. The molecule has 0 aliphatic heterocycles. The summed E-state index contributed by atoms with van der Waals surface area (Å²) in [4.78, 5) is 1.35. The zero-order chi connectivity index (χ0) is 12.7. The van der Waals surface area contributed by atoms with Crippen molar-refractivity contribution >= 4 is 11.8 Å². The fourth-order valence-electron chi connectivity index (χ4n) is 1.50. The van der Waals surface area contributed by atoms with Gasteiger partial charge in [0.05, 0.1) is 0 Å². The molecule has 1 nitrogen and oxygen atoms in total. The molecule has 94 valence electrons. The zero-order valence-electron chi connectivity index (χ0n) is 11.1. The molecule has 1 aromatic rings. The molecule has 0 heterocycles. The second-order valence-corrected chi connectivity index (χ2v) is 6.28. The fraction of sp³-hybridized carbons (Fsp3) is 0.467. The molecule has 0 radical (unpaired) electrons. The van der Waals surface area contributed by atoms with Crippen LogP contribution < -0.4 is 5.32 Å². The van der Waals surface area contributed by atoms with E-state index in [2.05, 4.69) is 56.9 Å². The van der Waals surface area contributed by atoms with Gasteiger partial charge in [0.25, 0.3) is 0 Å². The highest BCUT2D eigenvalue weighted by atomic mass is 32.2. The van der Waals surface area contributed by atoms with Crippen molar-refractivity contribution in [3.8, 4) is 0 Å². The van der Waals surface area contributed by atoms with Crippen molar-refractivity contribution in [2.75, 3.05) is 18.8 Å². The van der Waals surface area contributed by atoms with Gasteiger partial charge in [-0.05, 0) is 23.1 Å². The molecule has 1 aromatic carbocycles. The molecular weight excluding hydrogens is 226 g/mol.